The normalized spacial score (nSPS) is 24.5. The summed E-state index contributed by atoms with van der Waals surface area (Å²) in [7, 11) is 0. The number of carboxylic acids is 1. The fourth-order valence-electron chi connectivity index (χ4n) is 1.55. The van der Waals surface area contributed by atoms with Gasteiger partial charge in [-0.05, 0) is 19.8 Å². The summed E-state index contributed by atoms with van der Waals surface area (Å²) in [5.41, 5.74) is 5.39. The van der Waals surface area contributed by atoms with Crippen LogP contribution in [-0.4, -0.2) is 40.5 Å². The number of likely N-dealkylation sites (tertiary alicyclic amines) is 1. The molecule has 0 radical (unpaired) electrons. The molecular formula is C8H14N2O3. The van der Waals surface area contributed by atoms with Crippen molar-refractivity contribution in [3.8, 4) is 0 Å². The van der Waals surface area contributed by atoms with E-state index < -0.39 is 18.1 Å². The lowest BCUT2D eigenvalue weighted by molar-refractivity contribution is -0.148. The van der Waals surface area contributed by atoms with Crippen molar-refractivity contribution in [3.63, 3.8) is 0 Å². The third-order valence-electron chi connectivity index (χ3n) is 2.21. The molecule has 0 unspecified atom stereocenters. The zero-order chi connectivity index (χ0) is 10.0. The van der Waals surface area contributed by atoms with Gasteiger partial charge >= 0.3 is 5.97 Å². The number of carbonyl (C=O) groups is 2. The van der Waals surface area contributed by atoms with Crippen LogP contribution >= 0.6 is 0 Å². The Morgan fingerprint density at radius 2 is 2.23 bits per heavy atom. The minimum absolute atomic E-state index is 0.273. The fraction of sp³-hybridized carbons (Fsp3) is 0.750. The Kier molecular flexibility index (Phi) is 2.87. The van der Waals surface area contributed by atoms with Gasteiger partial charge in [0.05, 0.1) is 6.04 Å². The number of hydrogen-bond donors (Lipinski definition) is 2. The van der Waals surface area contributed by atoms with E-state index in [0.717, 1.165) is 6.42 Å². The Morgan fingerprint density at radius 3 is 2.69 bits per heavy atom. The first-order valence-corrected chi connectivity index (χ1v) is 4.33. The number of hydrogen-bond acceptors (Lipinski definition) is 3. The highest BCUT2D eigenvalue weighted by molar-refractivity contribution is 5.87. The molecule has 1 rings (SSSR count). The molecule has 0 aromatic heterocycles. The van der Waals surface area contributed by atoms with Crippen LogP contribution in [-0.2, 0) is 9.59 Å². The van der Waals surface area contributed by atoms with Crippen molar-refractivity contribution >= 4 is 11.9 Å². The lowest BCUT2D eigenvalue weighted by Crippen LogP contribution is -2.47. The van der Waals surface area contributed by atoms with Crippen molar-refractivity contribution in [1.82, 2.24) is 4.90 Å². The Hall–Kier alpha value is -1.10. The molecule has 13 heavy (non-hydrogen) atoms. The van der Waals surface area contributed by atoms with Crippen LogP contribution in [0.2, 0.25) is 0 Å². The molecule has 1 fully saturated rings. The highest BCUT2D eigenvalue weighted by atomic mass is 16.4. The lowest BCUT2D eigenvalue weighted by atomic mass is 10.2. The van der Waals surface area contributed by atoms with Crippen LogP contribution in [0.3, 0.4) is 0 Å². The molecule has 1 aliphatic rings. The van der Waals surface area contributed by atoms with Crippen molar-refractivity contribution in [2.75, 3.05) is 6.54 Å². The summed E-state index contributed by atoms with van der Waals surface area (Å²) < 4.78 is 0. The standard InChI is InChI=1S/C8H14N2O3/c1-5(9)7(11)10-4-2-3-6(10)8(12)13/h5-6H,2-4,9H2,1H3,(H,12,13)/t5-,6+/m0/s1. The summed E-state index contributed by atoms with van der Waals surface area (Å²) in [6.45, 7) is 2.08. The molecule has 0 spiro atoms. The Balaban J connectivity index is 2.68. The van der Waals surface area contributed by atoms with Gasteiger partial charge in [0.1, 0.15) is 6.04 Å². The molecule has 0 aliphatic carbocycles. The van der Waals surface area contributed by atoms with Crippen molar-refractivity contribution in [3.05, 3.63) is 0 Å². The van der Waals surface area contributed by atoms with Crippen molar-refractivity contribution in [1.29, 1.82) is 0 Å². The number of nitrogens with zero attached hydrogens (tertiary/aromatic N) is 1. The first-order chi connectivity index (χ1) is 6.04. The van der Waals surface area contributed by atoms with Crippen LogP contribution < -0.4 is 5.73 Å². The molecule has 5 nitrogen and oxygen atoms in total. The van der Waals surface area contributed by atoms with E-state index >= 15 is 0 Å². The molecule has 0 bridgehead atoms. The number of rotatable bonds is 2. The van der Waals surface area contributed by atoms with Gasteiger partial charge in [-0.25, -0.2) is 4.79 Å². The number of nitrogens with two attached hydrogens (primary N) is 1. The number of amides is 1. The molecule has 0 aromatic carbocycles. The maximum atomic E-state index is 11.4. The van der Waals surface area contributed by atoms with Crippen LogP contribution in [0.1, 0.15) is 19.8 Å². The third kappa shape index (κ3) is 1.98. The molecular weight excluding hydrogens is 172 g/mol. The Labute approximate surface area is 76.5 Å². The van der Waals surface area contributed by atoms with E-state index in [1.54, 1.807) is 6.92 Å². The van der Waals surface area contributed by atoms with E-state index in [1.807, 2.05) is 0 Å². The lowest BCUT2D eigenvalue weighted by Gasteiger charge is -2.22. The molecule has 1 aliphatic heterocycles. The van der Waals surface area contributed by atoms with Crippen LogP contribution in [0.5, 0.6) is 0 Å². The van der Waals surface area contributed by atoms with E-state index in [1.165, 1.54) is 4.90 Å². The predicted octanol–water partition coefficient (Wildman–Crippen LogP) is -0.591. The average Bonchev–Trinajstić information content (AvgIpc) is 2.50. The van der Waals surface area contributed by atoms with E-state index in [0.29, 0.717) is 13.0 Å². The highest BCUT2D eigenvalue weighted by Crippen LogP contribution is 2.17. The molecule has 0 aromatic rings. The molecule has 3 N–H and O–H groups in total. The highest BCUT2D eigenvalue weighted by Gasteiger charge is 2.34. The predicted molar refractivity (Wildman–Crippen MR) is 46.0 cm³/mol. The summed E-state index contributed by atoms with van der Waals surface area (Å²) >= 11 is 0. The number of carbonyl (C=O) groups excluding carboxylic acids is 1. The van der Waals surface area contributed by atoms with Crippen LogP contribution in [0.15, 0.2) is 0 Å². The van der Waals surface area contributed by atoms with Gasteiger partial charge in [-0.15, -0.1) is 0 Å². The zero-order valence-electron chi connectivity index (χ0n) is 7.56. The second-order valence-corrected chi connectivity index (χ2v) is 3.32. The zero-order valence-corrected chi connectivity index (χ0v) is 7.56. The minimum Gasteiger partial charge on any atom is -0.480 e. The first-order valence-electron chi connectivity index (χ1n) is 4.33. The molecule has 2 atom stereocenters. The van der Waals surface area contributed by atoms with Gasteiger partial charge in [0.15, 0.2) is 0 Å². The van der Waals surface area contributed by atoms with Crippen LogP contribution in [0, 0.1) is 0 Å². The van der Waals surface area contributed by atoms with Crippen LogP contribution in [0.25, 0.3) is 0 Å². The number of carboxylic acid groups (broad SMARTS) is 1. The van der Waals surface area contributed by atoms with Gasteiger partial charge in [-0.1, -0.05) is 0 Å². The number of aliphatic carboxylic acids is 1. The summed E-state index contributed by atoms with van der Waals surface area (Å²) in [5.74, 6) is -1.21. The second kappa shape index (κ2) is 3.74. The van der Waals surface area contributed by atoms with Gasteiger partial charge in [-0.2, -0.15) is 0 Å². The minimum atomic E-state index is -0.938. The molecule has 1 saturated heterocycles. The van der Waals surface area contributed by atoms with E-state index in [9.17, 15) is 9.59 Å². The van der Waals surface area contributed by atoms with Crippen molar-refractivity contribution < 1.29 is 14.7 Å². The quantitative estimate of drug-likeness (QED) is 0.603. The Bertz CT molecular complexity index is 227. The van der Waals surface area contributed by atoms with Crippen molar-refractivity contribution in [2.24, 2.45) is 5.73 Å². The van der Waals surface area contributed by atoms with Gasteiger partial charge in [0, 0.05) is 6.54 Å². The smallest absolute Gasteiger partial charge is 0.326 e. The summed E-state index contributed by atoms with van der Waals surface area (Å²) in [5, 5.41) is 8.78. The van der Waals surface area contributed by atoms with Crippen molar-refractivity contribution in [2.45, 2.75) is 31.8 Å². The van der Waals surface area contributed by atoms with Gasteiger partial charge in [0.25, 0.3) is 0 Å². The molecule has 1 amide bonds. The third-order valence-corrected chi connectivity index (χ3v) is 2.21. The van der Waals surface area contributed by atoms with Gasteiger partial charge < -0.3 is 15.7 Å². The van der Waals surface area contributed by atoms with E-state index in [4.69, 9.17) is 10.8 Å². The molecule has 1 heterocycles. The maximum absolute atomic E-state index is 11.4. The summed E-state index contributed by atoms with van der Waals surface area (Å²) in [4.78, 5) is 23.5. The topological polar surface area (TPSA) is 83.6 Å². The van der Waals surface area contributed by atoms with E-state index in [2.05, 4.69) is 0 Å². The monoisotopic (exact) mass is 186 g/mol. The fourth-order valence-corrected chi connectivity index (χ4v) is 1.55. The largest absolute Gasteiger partial charge is 0.480 e. The maximum Gasteiger partial charge on any atom is 0.326 e. The van der Waals surface area contributed by atoms with E-state index in [-0.39, 0.29) is 5.91 Å². The summed E-state index contributed by atoms with van der Waals surface area (Å²) in [6.07, 6.45) is 1.28. The Morgan fingerprint density at radius 1 is 1.62 bits per heavy atom. The molecule has 5 heteroatoms. The second-order valence-electron chi connectivity index (χ2n) is 3.32. The van der Waals surface area contributed by atoms with Crippen LogP contribution in [0.4, 0.5) is 0 Å². The summed E-state index contributed by atoms with van der Waals surface area (Å²) in [6, 6.07) is -1.28. The van der Waals surface area contributed by atoms with Gasteiger partial charge in [0.2, 0.25) is 5.91 Å². The first kappa shape index (κ1) is 9.98. The average molecular weight is 186 g/mol. The SMILES string of the molecule is C[C@H](N)C(=O)N1CCC[C@@H]1C(=O)O. The van der Waals surface area contributed by atoms with Gasteiger partial charge in [-0.3, -0.25) is 4.79 Å². The molecule has 0 saturated carbocycles. The molecule has 74 valence electrons.